The molecule has 0 saturated heterocycles. The molecule has 1 fully saturated rings. The lowest BCUT2D eigenvalue weighted by Crippen LogP contribution is -2.52. The molecule has 86 valence electrons. The first kappa shape index (κ1) is 12.0. The van der Waals surface area contributed by atoms with Gasteiger partial charge in [0.25, 0.3) is 0 Å². The van der Waals surface area contributed by atoms with E-state index in [1.807, 2.05) is 0 Å². The zero-order valence-electron chi connectivity index (χ0n) is 9.04. The first-order valence-corrected chi connectivity index (χ1v) is 5.31. The Morgan fingerprint density at radius 2 is 2.00 bits per heavy atom. The van der Waals surface area contributed by atoms with Gasteiger partial charge >= 0.3 is 5.97 Å². The number of amides is 1. The molecule has 0 unspecified atom stereocenters. The van der Waals surface area contributed by atoms with Crippen LogP contribution in [0.5, 0.6) is 0 Å². The molecule has 1 aliphatic rings. The Morgan fingerprint density at radius 3 is 2.53 bits per heavy atom. The third-order valence-corrected chi connectivity index (χ3v) is 2.65. The van der Waals surface area contributed by atoms with Crippen molar-refractivity contribution in [1.29, 1.82) is 0 Å². The highest BCUT2D eigenvalue weighted by Crippen LogP contribution is 2.26. The fourth-order valence-electron chi connectivity index (χ4n) is 1.77. The normalized spacial score (nSPS) is 18.5. The van der Waals surface area contributed by atoms with Gasteiger partial charge < -0.3 is 15.8 Å². The largest absolute Gasteiger partial charge is 0.465 e. The van der Waals surface area contributed by atoms with Gasteiger partial charge in [0.2, 0.25) is 5.91 Å². The monoisotopic (exact) mass is 214 g/mol. The molecule has 5 heteroatoms. The fourth-order valence-corrected chi connectivity index (χ4v) is 1.77. The smallest absolute Gasteiger partial charge is 0.325 e. The van der Waals surface area contributed by atoms with Crippen molar-refractivity contribution >= 4 is 11.9 Å². The van der Waals surface area contributed by atoms with Crippen LogP contribution in [-0.4, -0.2) is 30.6 Å². The summed E-state index contributed by atoms with van der Waals surface area (Å²) < 4.78 is 4.69. The Labute approximate surface area is 89.3 Å². The number of carbonyl (C=O) groups excluding carboxylic acids is 2. The van der Waals surface area contributed by atoms with Crippen molar-refractivity contribution in [3.8, 4) is 0 Å². The van der Waals surface area contributed by atoms with Gasteiger partial charge in [-0.1, -0.05) is 12.8 Å². The Morgan fingerprint density at radius 1 is 1.40 bits per heavy atom. The van der Waals surface area contributed by atoms with Crippen LogP contribution < -0.4 is 11.1 Å². The first-order chi connectivity index (χ1) is 7.08. The predicted octanol–water partition coefficient (Wildman–Crippen LogP) is -0.0628. The maximum atomic E-state index is 11.6. The third-order valence-electron chi connectivity index (χ3n) is 2.65. The molecule has 0 aliphatic heterocycles. The second-order valence-electron chi connectivity index (χ2n) is 3.85. The zero-order valence-corrected chi connectivity index (χ0v) is 9.04. The van der Waals surface area contributed by atoms with Gasteiger partial charge in [-0.3, -0.25) is 9.59 Å². The average molecular weight is 214 g/mol. The van der Waals surface area contributed by atoms with Gasteiger partial charge in [-0.05, 0) is 19.8 Å². The van der Waals surface area contributed by atoms with Gasteiger partial charge in [-0.2, -0.15) is 0 Å². The summed E-state index contributed by atoms with van der Waals surface area (Å²) in [4.78, 5) is 22.6. The van der Waals surface area contributed by atoms with E-state index >= 15 is 0 Å². The van der Waals surface area contributed by atoms with Gasteiger partial charge in [0.1, 0.15) is 6.54 Å². The standard InChI is InChI=1S/C10H18N2O3/c1-2-15-8(13)7-12-9(14)10(11)5-3-4-6-10/h2-7,11H2,1H3,(H,12,14). The SMILES string of the molecule is CCOC(=O)CNC(=O)C1(N)CCCC1. The molecule has 0 aromatic heterocycles. The van der Waals surface area contributed by atoms with Crippen molar-refractivity contribution in [3.05, 3.63) is 0 Å². The van der Waals surface area contributed by atoms with Crippen LogP contribution in [0.25, 0.3) is 0 Å². The van der Waals surface area contributed by atoms with Gasteiger partial charge in [0, 0.05) is 0 Å². The van der Waals surface area contributed by atoms with Crippen molar-refractivity contribution < 1.29 is 14.3 Å². The summed E-state index contributed by atoms with van der Waals surface area (Å²) in [6, 6.07) is 0. The van der Waals surface area contributed by atoms with Gasteiger partial charge in [0.15, 0.2) is 0 Å². The summed E-state index contributed by atoms with van der Waals surface area (Å²) in [7, 11) is 0. The minimum Gasteiger partial charge on any atom is -0.465 e. The number of hydrogen-bond acceptors (Lipinski definition) is 4. The molecule has 3 N–H and O–H groups in total. The lowest BCUT2D eigenvalue weighted by atomic mass is 9.98. The summed E-state index contributed by atoms with van der Waals surface area (Å²) in [6.07, 6.45) is 3.34. The Bertz CT molecular complexity index is 247. The minimum absolute atomic E-state index is 0.0916. The van der Waals surface area contributed by atoms with Crippen molar-refractivity contribution in [2.24, 2.45) is 5.73 Å². The third kappa shape index (κ3) is 3.20. The number of rotatable bonds is 4. The average Bonchev–Trinajstić information content (AvgIpc) is 2.63. The van der Waals surface area contributed by atoms with Crippen LogP contribution in [0.4, 0.5) is 0 Å². The highest BCUT2D eigenvalue weighted by molar-refractivity contribution is 5.89. The molecule has 0 heterocycles. The molecule has 1 saturated carbocycles. The molecular weight excluding hydrogens is 196 g/mol. The molecule has 15 heavy (non-hydrogen) atoms. The molecule has 0 bridgehead atoms. The minimum atomic E-state index is -0.771. The number of nitrogens with one attached hydrogen (secondary N) is 1. The van der Waals surface area contributed by atoms with Crippen LogP contribution in [0.1, 0.15) is 32.6 Å². The fraction of sp³-hybridized carbons (Fsp3) is 0.800. The highest BCUT2D eigenvalue weighted by atomic mass is 16.5. The van der Waals surface area contributed by atoms with E-state index < -0.39 is 11.5 Å². The van der Waals surface area contributed by atoms with E-state index in [1.54, 1.807) is 6.92 Å². The number of esters is 1. The maximum Gasteiger partial charge on any atom is 0.325 e. The van der Waals surface area contributed by atoms with Crippen LogP contribution in [0, 0.1) is 0 Å². The molecule has 5 nitrogen and oxygen atoms in total. The topological polar surface area (TPSA) is 81.4 Å². The molecule has 0 spiro atoms. The summed E-state index contributed by atoms with van der Waals surface area (Å²) in [5.41, 5.74) is 5.13. The van der Waals surface area contributed by atoms with Gasteiger partial charge in [-0.15, -0.1) is 0 Å². The van der Waals surface area contributed by atoms with Crippen LogP contribution in [0.2, 0.25) is 0 Å². The second kappa shape index (κ2) is 5.11. The lowest BCUT2D eigenvalue weighted by molar-refractivity contribution is -0.144. The molecule has 0 aromatic carbocycles. The van der Waals surface area contributed by atoms with E-state index in [4.69, 9.17) is 10.5 Å². The van der Waals surface area contributed by atoms with E-state index in [9.17, 15) is 9.59 Å². The molecule has 0 aromatic rings. The van der Waals surface area contributed by atoms with E-state index in [0.29, 0.717) is 19.4 Å². The van der Waals surface area contributed by atoms with E-state index in [2.05, 4.69) is 5.32 Å². The number of ether oxygens (including phenoxy) is 1. The summed E-state index contributed by atoms with van der Waals surface area (Å²) in [5.74, 6) is -0.666. The zero-order chi connectivity index (χ0) is 11.3. The number of nitrogens with two attached hydrogens (primary N) is 1. The Hall–Kier alpha value is -1.10. The maximum absolute atomic E-state index is 11.6. The number of carbonyl (C=O) groups is 2. The molecule has 1 amide bonds. The summed E-state index contributed by atoms with van der Waals surface area (Å²) in [6.45, 7) is 1.95. The Kier molecular flexibility index (Phi) is 4.08. The second-order valence-corrected chi connectivity index (χ2v) is 3.85. The van der Waals surface area contributed by atoms with Crippen LogP contribution in [0.3, 0.4) is 0 Å². The van der Waals surface area contributed by atoms with Crippen molar-refractivity contribution in [2.45, 2.75) is 38.1 Å². The van der Waals surface area contributed by atoms with Crippen molar-refractivity contribution in [1.82, 2.24) is 5.32 Å². The van der Waals surface area contributed by atoms with E-state index in [-0.39, 0.29) is 12.5 Å². The van der Waals surface area contributed by atoms with Gasteiger partial charge in [0.05, 0.1) is 12.1 Å². The van der Waals surface area contributed by atoms with E-state index in [1.165, 1.54) is 0 Å². The summed E-state index contributed by atoms with van der Waals surface area (Å²) >= 11 is 0. The molecular formula is C10H18N2O3. The lowest BCUT2D eigenvalue weighted by Gasteiger charge is -2.21. The molecule has 1 aliphatic carbocycles. The van der Waals surface area contributed by atoms with Gasteiger partial charge in [-0.25, -0.2) is 0 Å². The molecule has 0 atom stereocenters. The quantitative estimate of drug-likeness (QED) is 0.642. The van der Waals surface area contributed by atoms with Crippen LogP contribution in [-0.2, 0) is 14.3 Å². The molecule has 1 rings (SSSR count). The summed E-state index contributed by atoms with van der Waals surface area (Å²) in [5, 5.41) is 2.51. The molecule has 0 radical (unpaired) electrons. The first-order valence-electron chi connectivity index (χ1n) is 5.31. The predicted molar refractivity (Wildman–Crippen MR) is 55.0 cm³/mol. The van der Waals surface area contributed by atoms with Crippen LogP contribution >= 0.6 is 0 Å². The van der Waals surface area contributed by atoms with Crippen LogP contribution in [0.15, 0.2) is 0 Å². The number of hydrogen-bond donors (Lipinski definition) is 2. The van der Waals surface area contributed by atoms with E-state index in [0.717, 1.165) is 12.8 Å². The highest BCUT2D eigenvalue weighted by Gasteiger charge is 2.36. The Balaban J connectivity index is 2.32. The van der Waals surface area contributed by atoms with Crippen molar-refractivity contribution in [2.75, 3.05) is 13.2 Å². The van der Waals surface area contributed by atoms with Crippen molar-refractivity contribution in [3.63, 3.8) is 0 Å².